The number of thioether (sulfide) groups is 1. The predicted molar refractivity (Wildman–Crippen MR) is 113 cm³/mol. The van der Waals surface area contributed by atoms with Gasteiger partial charge in [-0.2, -0.15) is 0 Å². The first-order chi connectivity index (χ1) is 12.6. The fourth-order valence-electron chi connectivity index (χ4n) is 3.22. The van der Waals surface area contributed by atoms with Gasteiger partial charge < -0.3 is 4.74 Å². The molecule has 3 nitrogen and oxygen atoms in total. The van der Waals surface area contributed by atoms with Crippen LogP contribution in [0.25, 0.3) is 6.08 Å². The van der Waals surface area contributed by atoms with E-state index in [2.05, 4.69) is 19.9 Å². The Labute approximate surface area is 165 Å². The maximum atomic E-state index is 12.8. The highest BCUT2D eigenvalue weighted by atomic mass is 32.2. The highest BCUT2D eigenvalue weighted by Gasteiger charge is 2.33. The second-order valence-electron chi connectivity index (χ2n) is 6.75. The molecule has 1 amide bonds. The highest BCUT2D eigenvalue weighted by molar-refractivity contribution is 8.26. The highest BCUT2D eigenvalue weighted by Crippen LogP contribution is 2.35. The summed E-state index contributed by atoms with van der Waals surface area (Å²) in [4.78, 5) is 15.3. The van der Waals surface area contributed by atoms with Gasteiger partial charge in [-0.1, -0.05) is 75.3 Å². The Kier molecular flexibility index (Phi) is 6.54. The van der Waals surface area contributed by atoms with Crippen LogP contribution in [0.4, 0.5) is 0 Å². The molecule has 0 spiro atoms. The van der Waals surface area contributed by atoms with Gasteiger partial charge in [-0.05, 0) is 36.1 Å². The first kappa shape index (κ1) is 19.2. The number of nitrogens with zero attached hydrogens (tertiary/aromatic N) is 1. The van der Waals surface area contributed by atoms with Crippen molar-refractivity contribution in [2.24, 2.45) is 5.92 Å². The maximum Gasteiger partial charge on any atom is 0.266 e. The Morgan fingerprint density at radius 3 is 2.92 bits per heavy atom. The molecule has 1 saturated heterocycles. The van der Waals surface area contributed by atoms with Gasteiger partial charge in [0.25, 0.3) is 5.91 Å². The lowest BCUT2D eigenvalue weighted by molar-refractivity contribution is -0.122. The molecule has 1 fully saturated rings. The summed E-state index contributed by atoms with van der Waals surface area (Å²) in [5.41, 5.74) is 2.05. The molecule has 3 rings (SSSR count). The van der Waals surface area contributed by atoms with Crippen LogP contribution in [-0.2, 0) is 4.79 Å². The molecular formula is C21H25NO2S2. The zero-order valence-corrected chi connectivity index (χ0v) is 17.0. The lowest BCUT2D eigenvalue weighted by Crippen LogP contribution is -2.33. The fraction of sp³-hybridized carbons (Fsp3) is 0.429. The van der Waals surface area contributed by atoms with Gasteiger partial charge in [-0.15, -0.1) is 0 Å². The Morgan fingerprint density at radius 1 is 1.35 bits per heavy atom. The molecule has 2 heterocycles. The van der Waals surface area contributed by atoms with Crippen LogP contribution in [0.1, 0.15) is 45.1 Å². The number of carbonyl (C=O) groups excluding carboxylic acids is 1. The van der Waals surface area contributed by atoms with Crippen molar-refractivity contribution in [2.45, 2.75) is 39.5 Å². The van der Waals surface area contributed by atoms with Gasteiger partial charge in [-0.3, -0.25) is 9.69 Å². The molecule has 0 unspecified atom stereocenters. The van der Waals surface area contributed by atoms with Gasteiger partial charge in [0.05, 0.1) is 4.91 Å². The molecule has 26 heavy (non-hydrogen) atoms. The molecule has 0 aromatic heterocycles. The third-order valence-electron chi connectivity index (χ3n) is 4.83. The van der Waals surface area contributed by atoms with Crippen molar-refractivity contribution in [3.8, 4) is 5.75 Å². The van der Waals surface area contributed by atoms with E-state index in [1.54, 1.807) is 4.90 Å². The molecule has 0 aliphatic carbocycles. The number of amides is 1. The molecule has 2 aliphatic rings. The SMILES string of the molecule is CCCC[C@H](CC)CN1C(=O)/C(=C/C2=Cc3ccccc3OC2)SC1=S. The van der Waals surface area contributed by atoms with Crippen LogP contribution < -0.4 is 4.74 Å². The first-order valence-corrected chi connectivity index (χ1v) is 10.5. The van der Waals surface area contributed by atoms with Crippen LogP contribution in [0.3, 0.4) is 0 Å². The fourth-order valence-corrected chi connectivity index (χ4v) is 4.51. The largest absolute Gasteiger partial charge is 0.488 e. The quantitative estimate of drug-likeness (QED) is 0.461. The van der Waals surface area contributed by atoms with E-state index in [4.69, 9.17) is 17.0 Å². The predicted octanol–water partition coefficient (Wildman–Crippen LogP) is 5.42. The lowest BCUT2D eigenvalue weighted by Gasteiger charge is -2.21. The average Bonchev–Trinajstić information content (AvgIpc) is 2.92. The van der Waals surface area contributed by atoms with Gasteiger partial charge in [-0.25, -0.2) is 0 Å². The molecule has 1 aromatic carbocycles. The minimum atomic E-state index is 0.0368. The summed E-state index contributed by atoms with van der Waals surface area (Å²) in [5, 5.41) is 0. The summed E-state index contributed by atoms with van der Waals surface area (Å²) in [6.07, 6.45) is 8.63. The Bertz CT molecular complexity index is 754. The summed E-state index contributed by atoms with van der Waals surface area (Å²) >= 11 is 6.89. The summed E-state index contributed by atoms with van der Waals surface area (Å²) < 4.78 is 6.46. The number of ether oxygens (including phenoxy) is 1. The van der Waals surface area contributed by atoms with Crippen molar-refractivity contribution in [3.63, 3.8) is 0 Å². The van der Waals surface area contributed by atoms with Crippen LogP contribution >= 0.6 is 24.0 Å². The van der Waals surface area contributed by atoms with Crippen LogP contribution in [-0.4, -0.2) is 28.3 Å². The Hall–Kier alpha value is -1.59. The van der Waals surface area contributed by atoms with Gasteiger partial charge in [0.1, 0.15) is 16.7 Å². The molecule has 0 radical (unpaired) electrons. The minimum Gasteiger partial charge on any atom is -0.488 e. The molecule has 0 N–H and O–H groups in total. The van der Waals surface area contributed by atoms with E-state index in [9.17, 15) is 4.79 Å². The number of rotatable bonds is 7. The minimum absolute atomic E-state index is 0.0368. The standard InChI is InChI=1S/C21H25NO2S2/c1-3-5-8-15(4-2)13-22-20(23)19(26-21(22)25)12-16-11-17-9-6-7-10-18(17)24-14-16/h6-7,9-12,15H,3-5,8,13-14H2,1-2H3/b19-12-/t15-/m0/s1. The molecule has 0 bridgehead atoms. The molecule has 1 atom stereocenters. The van der Waals surface area contributed by atoms with Crippen LogP contribution in [0.5, 0.6) is 5.75 Å². The van der Waals surface area contributed by atoms with Crippen molar-refractivity contribution >= 4 is 40.3 Å². The van der Waals surface area contributed by atoms with E-state index in [1.807, 2.05) is 30.3 Å². The van der Waals surface area contributed by atoms with Crippen molar-refractivity contribution in [3.05, 3.63) is 46.4 Å². The number of hydrogen-bond acceptors (Lipinski definition) is 4. The van der Waals surface area contributed by atoms with Gasteiger partial charge >= 0.3 is 0 Å². The van der Waals surface area contributed by atoms with Gasteiger partial charge in [0.2, 0.25) is 0 Å². The van der Waals surface area contributed by atoms with E-state index in [-0.39, 0.29) is 5.91 Å². The summed E-state index contributed by atoms with van der Waals surface area (Å²) in [6.45, 7) is 5.61. The zero-order chi connectivity index (χ0) is 18.5. The molecule has 138 valence electrons. The van der Waals surface area contributed by atoms with Crippen molar-refractivity contribution in [1.82, 2.24) is 4.90 Å². The van der Waals surface area contributed by atoms with E-state index in [0.29, 0.717) is 21.8 Å². The second-order valence-corrected chi connectivity index (χ2v) is 8.43. The number of benzene rings is 1. The maximum absolute atomic E-state index is 12.8. The van der Waals surface area contributed by atoms with Crippen LogP contribution in [0.15, 0.2) is 40.8 Å². The van der Waals surface area contributed by atoms with Crippen LogP contribution in [0.2, 0.25) is 0 Å². The van der Waals surface area contributed by atoms with Gasteiger partial charge in [0.15, 0.2) is 0 Å². The number of thiocarbonyl (C=S) groups is 1. The molecule has 0 saturated carbocycles. The molecule has 5 heteroatoms. The van der Waals surface area contributed by atoms with Crippen LogP contribution in [0, 0.1) is 5.92 Å². The van der Waals surface area contributed by atoms with Gasteiger partial charge in [0, 0.05) is 12.1 Å². The number of carbonyl (C=O) groups is 1. The second kappa shape index (κ2) is 8.87. The first-order valence-electron chi connectivity index (χ1n) is 9.30. The van der Waals surface area contributed by atoms with Crippen molar-refractivity contribution in [1.29, 1.82) is 0 Å². The normalized spacial score (nSPS) is 19.4. The van der Waals surface area contributed by atoms with E-state index in [0.717, 1.165) is 36.3 Å². The van der Waals surface area contributed by atoms with E-state index < -0.39 is 0 Å². The molecule has 2 aliphatic heterocycles. The van der Waals surface area contributed by atoms with Crippen molar-refractivity contribution in [2.75, 3.05) is 13.2 Å². The Balaban J connectivity index is 1.72. The monoisotopic (exact) mass is 387 g/mol. The average molecular weight is 388 g/mol. The third kappa shape index (κ3) is 4.38. The molecule has 1 aromatic rings. The summed E-state index contributed by atoms with van der Waals surface area (Å²) in [7, 11) is 0. The third-order valence-corrected chi connectivity index (χ3v) is 6.21. The summed E-state index contributed by atoms with van der Waals surface area (Å²) in [5.74, 6) is 1.44. The number of para-hydroxylation sites is 1. The molecular weight excluding hydrogens is 362 g/mol. The smallest absolute Gasteiger partial charge is 0.266 e. The van der Waals surface area contributed by atoms with E-state index >= 15 is 0 Å². The van der Waals surface area contributed by atoms with E-state index in [1.165, 1.54) is 24.6 Å². The number of fused-ring (bicyclic) bond motifs is 1. The Morgan fingerprint density at radius 2 is 2.15 bits per heavy atom. The zero-order valence-electron chi connectivity index (χ0n) is 15.4. The topological polar surface area (TPSA) is 29.5 Å². The number of hydrogen-bond donors (Lipinski definition) is 0. The lowest BCUT2D eigenvalue weighted by atomic mass is 9.99. The summed E-state index contributed by atoms with van der Waals surface area (Å²) in [6, 6.07) is 7.93. The number of unbranched alkanes of at least 4 members (excludes halogenated alkanes) is 1. The van der Waals surface area contributed by atoms with Crippen molar-refractivity contribution < 1.29 is 9.53 Å².